The Kier molecular flexibility index (Phi) is 5.66. The quantitative estimate of drug-likeness (QED) is 0.371. The molecule has 1 amide bonds. The first-order valence-electron chi connectivity index (χ1n) is 6.95. The lowest BCUT2D eigenvalue weighted by molar-refractivity contribution is 0.0948. The maximum atomic E-state index is 12.3. The minimum Gasteiger partial charge on any atom is -0.330 e. The average molecular weight is 431 g/mol. The van der Waals surface area contributed by atoms with E-state index in [1.165, 1.54) is 11.3 Å². The second kappa shape index (κ2) is 7.76. The van der Waals surface area contributed by atoms with Gasteiger partial charge < -0.3 is 5.32 Å². The molecular formula is C16H10Cl3N3OS2. The lowest BCUT2D eigenvalue weighted by Crippen LogP contribution is -2.43. The summed E-state index contributed by atoms with van der Waals surface area (Å²) in [7, 11) is 0. The van der Waals surface area contributed by atoms with Crippen molar-refractivity contribution < 1.29 is 4.79 Å². The van der Waals surface area contributed by atoms with Crippen molar-refractivity contribution in [1.29, 1.82) is 0 Å². The Bertz CT molecular complexity index is 974. The van der Waals surface area contributed by atoms with Crippen LogP contribution in [-0.2, 0) is 0 Å². The van der Waals surface area contributed by atoms with Crippen molar-refractivity contribution in [2.45, 2.75) is 0 Å². The number of nitrogens with one attached hydrogen (secondary N) is 3. The molecule has 0 aliphatic carbocycles. The summed E-state index contributed by atoms with van der Waals surface area (Å²) in [4.78, 5) is 12.7. The van der Waals surface area contributed by atoms with Gasteiger partial charge in [-0.1, -0.05) is 46.9 Å². The molecule has 1 aromatic heterocycles. The summed E-state index contributed by atoms with van der Waals surface area (Å²) in [6, 6.07) is 12.4. The van der Waals surface area contributed by atoms with Crippen molar-refractivity contribution in [2.24, 2.45) is 0 Å². The second-order valence-electron chi connectivity index (χ2n) is 4.90. The fourth-order valence-corrected chi connectivity index (χ4v) is 3.97. The highest BCUT2D eigenvalue weighted by Crippen LogP contribution is 2.36. The van der Waals surface area contributed by atoms with Crippen molar-refractivity contribution in [3.8, 4) is 0 Å². The van der Waals surface area contributed by atoms with Gasteiger partial charge in [0.05, 0.1) is 15.7 Å². The van der Waals surface area contributed by atoms with Gasteiger partial charge in [-0.3, -0.25) is 15.6 Å². The summed E-state index contributed by atoms with van der Waals surface area (Å²) in [5, 5.41) is 5.25. The van der Waals surface area contributed by atoms with Crippen molar-refractivity contribution in [2.75, 3.05) is 5.32 Å². The Morgan fingerprint density at radius 3 is 2.56 bits per heavy atom. The molecule has 3 rings (SSSR count). The zero-order valence-electron chi connectivity index (χ0n) is 12.4. The normalized spacial score (nSPS) is 10.5. The fraction of sp³-hybridized carbons (Fsp3) is 0. The molecule has 0 bridgehead atoms. The summed E-state index contributed by atoms with van der Waals surface area (Å²) < 4.78 is 0.872. The van der Waals surface area contributed by atoms with Crippen LogP contribution in [0, 0.1) is 0 Å². The minimum atomic E-state index is -0.398. The van der Waals surface area contributed by atoms with E-state index in [9.17, 15) is 4.79 Å². The van der Waals surface area contributed by atoms with Crippen molar-refractivity contribution in [3.63, 3.8) is 0 Å². The Morgan fingerprint density at radius 1 is 1.04 bits per heavy atom. The highest BCUT2D eigenvalue weighted by Gasteiger charge is 2.17. The number of rotatable bonds is 2. The minimum absolute atomic E-state index is 0.196. The van der Waals surface area contributed by atoms with Crippen LogP contribution in [0.2, 0.25) is 15.1 Å². The standard InChI is InChI=1S/C16H10Cl3N3OS2/c17-8-5-6-12-9(7-8)13(19)14(25-12)15(23)21-22-16(24)20-11-4-2-1-3-10(11)18/h1-7H,(H,21,23)(H2,20,22,24). The summed E-state index contributed by atoms with van der Waals surface area (Å²) in [5.41, 5.74) is 5.77. The zero-order chi connectivity index (χ0) is 18.0. The van der Waals surface area contributed by atoms with Gasteiger partial charge in [0.2, 0.25) is 0 Å². The SMILES string of the molecule is O=C(NNC(=S)Nc1ccccc1Cl)c1sc2ccc(Cl)cc2c1Cl. The number of fused-ring (bicyclic) bond motifs is 1. The van der Waals surface area contributed by atoms with Gasteiger partial charge in [-0.2, -0.15) is 0 Å². The molecule has 2 aromatic carbocycles. The topological polar surface area (TPSA) is 53.2 Å². The van der Waals surface area contributed by atoms with Gasteiger partial charge in [0, 0.05) is 15.1 Å². The molecule has 0 aliphatic rings. The Labute approximate surface area is 168 Å². The van der Waals surface area contributed by atoms with E-state index in [4.69, 9.17) is 47.0 Å². The third kappa shape index (κ3) is 4.16. The molecule has 0 atom stereocenters. The lowest BCUT2D eigenvalue weighted by Gasteiger charge is -2.12. The van der Waals surface area contributed by atoms with E-state index < -0.39 is 5.91 Å². The van der Waals surface area contributed by atoms with Crippen molar-refractivity contribution in [1.82, 2.24) is 10.9 Å². The van der Waals surface area contributed by atoms with Gasteiger partial charge in [0.1, 0.15) is 4.88 Å². The second-order valence-corrected chi connectivity index (χ2v) is 7.58. The molecule has 0 saturated heterocycles. The molecule has 1 heterocycles. The van der Waals surface area contributed by atoms with Crippen molar-refractivity contribution in [3.05, 3.63) is 62.4 Å². The number of amides is 1. The molecule has 0 aliphatic heterocycles. The van der Waals surface area contributed by atoms with Crippen LogP contribution >= 0.6 is 58.4 Å². The highest BCUT2D eigenvalue weighted by atomic mass is 35.5. The number of benzene rings is 2. The van der Waals surface area contributed by atoms with E-state index in [2.05, 4.69) is 16.2 Å². The predicted octanol–water partition coefficient (Wildman–Crippen LogP) is 5.49. The Balaban J connectivity index is 1.67. The van der Waals surface area contributed by atoms with E-state index in [0.717, 1.165) is 10.1 Å². The first kappa shape index (κ1) is 18.2. The molecule has 3 N–H and O–H groups in total. The number of thiophene rings is 1. The maximum absolute atomic E-state index is 12.3. The van der Waals surface area contributed by atoms with Gasteiger partial charge >= 0.3 is 0 Å². The van der Waals surface area contributed by atoms with E-state index in [0.29, 0.717) is 25.6 Å². The van der Waals surface area contributed by atoms with Gasteiger partial charge in [-0.05, 0) is 42.5 Å². The van der Waals surface area contributed by atoms with E-state index in [1.807, 2.05) is 18.2 Å². The van der Waals surface area contributed by atoms with Crippen LogP contribution in [0.15, 0.2) is 42.5 Å². The van der Waals surface area contributed by atoms with Crippen LogP contribution in [0.5, 0.6) is 0 Å². The molecule has 0 unspecified atom stereocenters. The molecule has 9 heteroatoms. The number of carbonyl (C=O) groups is 1. The van der Waals surface area contributed by atoms with Crippen LogP contribution in [0.4, 0.5) is 5.69 Å². The Morgan fingerprint density at radius 2 is 1.80 bits per heavy atom. The predicted molar refractivity (Wildman–Crippen MR) is 110 cm³/mol. The molecule has 3 aromatic rings. The van der Waals surface area contributed by atoms with Crippen LogP contribution in [0.3, 0.4) is 0 Å². The van der Waals surface area contributed by atoms with Crippen LogP contribution < -0.4 is 16.2 Å². The van der Waals surface area contributed by atoms with E-state index in [1.54, 1.807) is 24.3 Å². The van der Waals surface area contributed by atoms with Gasteiger partial charge in [-0.25, -0.2) is 0 Å². The molecule has 25 heavy (non-hydrogen) atoms. The molecule has 0 fully saturated rings. The van der Waals surface area contributed by atoms with E-state index in [-0.39, 0.29) is 5.11 Å². The number of halogens is 3. The first-order valence-corrected chi connectivity index (χ1v) is 9.31. The number of anilines is 1. The van der Waals surface area contributed by atoms with Crippen LogP contribution in [0.1, 0.15) is 9.67 Å². The molecule has 128 valence electrons. The summed E-state index contributed by atoms with van der Waals surface area (Å²) >= 11 is 24.7. The monoisotopic (exact) mass is 429 g/mol. The molecule has 0 radical (unpaired) electrons. The van der Waals surface area contributed by atoms with Gasteiger partial charge in [0.25, 0.3) is 5.91 Å². The smallest absolute Gasteiger partial charge is 0.281 e. The number of carbonyl (C=O) groups excluding carboxylic acids is 1. The van der Waals surface area contributed by atoms with Gasteiger partial charge in [-0.15, -0.1) is 11.3 Å². The summed E-state index contributed by atoms with van der Waals surface area (Å²) in [6.07, 6.45) is 0. The van der Waals surface area contributed by atoms with Gasteiger partial charge in [0.15, 0.2) is 5.11 Å². The average Bonchev–Trinajstić information content (AvgIpc) is 2.91. The first-order chi connectivity index (χ1) is 12.0. The summed E-state index contributed by atoms with van der Waals surface area (Å²) in [5.74, 6) is -0.398. The number of para-hydroxylation sites is 1. The molecule has 0 saturated carbocycles. The van der Waals surface area contributed by atoms with Crippen molar-refractivity contribution >= 4 is 85.2 Å². The number of hydrogen-bond donors (Lipinski definition) is 3. The third-order valence-corrected chi connectivity index (χ3v) is 5.65. The highest BCUT2D eigenvalue weighted by molar-refractivity contribution is 7.80. The van der Waals surface area contributed by atoms with E-state index >= 15 is 0 Å². The number of hydrogen-bond acceptors (Lipinski definition) is 3. The molecular weight excluding hydrogens is 421 g/mol. The number of hydrazine groups is 1. The fourth-order valence-electron chi connectivity index (χ4n) is 2.07. The Hall–Kier alpha value is -1.57. The largest absolute Gasteiger partial charge is 0.330 e. The lowest BCUT2D eigenvalue weighted by atomic mass is 10.2. The van der Waals surface area contributed by atoms with Crippen LogP contribution in [0.25, 0.3) is 10.1 Å². The third-order valence-electron chi connectivity index (χ3n) is 3.21. The maximum Gasteiger partial charge on any atom is 0.281 e. The zero-order valence-corrected chi connectivity index (χ0v) is 16.3. The number of thiocarbonyl (C=S) groups is 1. The molecule has 4 nitrogen and oxygen atoms in total. The van der Waals surface area contributed by atoms with Crippen LogP contribution in [-0.4, -0.2) is 11.0 Å². The molecule has 0 spiro atoms. The summed E-state index contributed by atoms with van der Waals surface area (Å²) in [6.45, 7) is 0.